The Hall–Kier alpha value is -1.32. The summed E-state index contributed by atoms with van der Waals surface area (Å²) in [6.07, 6.45) is 4.48. The van der Waals surface area contributed by atoms with Crippen molar-refractivity contribution >= 4 is 6.21 Å². The molecular formula is C4H5N3O. The van der Waals surface area contributed by atoms with Crippen molar-refractivity contribution < 1.29 is 5.21 Å². The SMILES string of the molecule is O/N=C\c1cn[nH]c1. The quantitative estimate of drug-likeness (QED) is 0.309. The van der Waals surface area contributed by atoms with Gasteiger partial charge in [-0.1, -0.05) is 5.16 Å². The van der Waals surface area contributed by atoms with E-state index in [2.05, 4.69) is 15.4 Å². The number of nitrogens with zero attached hydrogens (tertiary/aromatic N) is 2. The Morgan fingerprint density at radius 1 is 1.88 bits per heavy atom. The van der Waals surface area contributed by atoms with Gasteiger partial charge in [-0.25, -0.2) is 0 Å². The summed E-state index contributed by atoms with van der Waals surface area (Å²) in [5, 5.41) is 16.9. The highest BCUT2D eigenvalue weighted by Gasteiger charge is 1.83. The summed E-state index contributed by atoms with van der Waals surface area (Å²) in [5.41, 5.74) is 0.757. The topological polar surface area (TPSA) is 61.3 Å². The third-order valence-corrected chi connectivity index (χ3v) is 0.726. The van der Waals surface area contributed by atoms with E-state index in [-0.39, 0.29) is 0 Å². The lowest BCUT2D eigenvalue weighted by Gasteiger charge is -1.71. The molecule has 4 heteroatoms. The van der Waals surface area contributed by atoms with Crippen LogP contribution < -0.4 is 0 Å². The summed E-state index contributed by atoms with van der Waals surface area (Å²) in [7, 11) is 0. The molecular weight excluding hydrogens is 106 g/mol. The van der Waals surface area contributed by atoms with Gasteiger partial charge in [0.2, 0.25) is 0 Å². The van der Waals surface area contributed by atoms with Crippen LogP contribution in [-0.4, -0.2) is 21.6 Å². The molecule has 1 aromatic rings. The molecule has 0 radical (unpaired) electrons. The minimum absolute atomic E-state index is 0.757. The summed E-state index contributed by atoms with van der Waals surface area (Å²) in [5.74, 6) is 0. The van der Waals surface area contributed by atoms with E-state index in [9.17, 15) is 0 Å². The molecule has 42 valence electrons. The molecule has 0 saturated carbocycles. The zero-order valence-electron chi connectivity index (χ0n) is 4.07. The van der Waals surface area contributed by atoms with E-state index >= 15 is 0 Å². The van der Waals surface area contributed by atoms with Gasteiger partial charge in [-0.15, -0.1) is 0 Å². The van der Waals surface area contributed by atoms with Crippen molar-refractivity contribution in [3.05, 3.63) is 18.0 Å². The van der Waals surface area contributed by atoms with E-state index in [1.807, 2.05) is 0 Å². The highest BCUT2D eigenvalue weighted by atomic mass is 16.4. The molecule has 0 atom stereocenters. The largest absolute Gasteiger partial charge is 0.411 e. The van der Waals surface area contributed by atoms with Crippen LogP contribution in [0.1, 0.15) is 5.56 Å². The minimum atomic E-state index is 0.757. The van der Waals surface area contributed by atoms with Crippen LogP contribution in [0.25, 0.3) is 0 Å². The average molecular weight is 111 g/mol. The number of aromatic nitrogens is 2. The Bertz CT molecular complexity index is 167. The predicted octanol–water partition coefficient (Wildman–Crippen LogP) is 0.218. The molecule has 4 nitrogen and oxygen atoms in total. The number of hydrogen-bond acceptors (Lipinski definition) is 3. The number of nitrogens with one attached hydrogen (secondary N) is 1. The summed E-state index contributed by atoms with van der Waals surface area (Å²) >= 11 is 0. The monoisotopic (exact) mass is 111 g/mol. The third-order valence-electron chi connectivity index (χ3n) is 0.726. The van der Waals surface area contributed by atoms with Crippen LogP contribution in [0.2, 0.25) is 0 Å². The van der Waals surface area contributed by atoms with Crippen LogP contribution in [-0.2, 0) is 0 Å². The van der Waals surface area contributed by atoms with Gasteiger partial charge in [-0.05, 0) is 0 Å². The van der Waals surface area contributed by atoms with Crippen molar-refractivity contribution in [1.82, 2.24) is 10.2 Å². The number of H-pyrrole nitrogens is 1. The maximum Gasteiger partial charge on any atom is 0.0765 e. The Labute approximate surface area is 45.8 Å². The first kappa shape index (κ1) is 4.83. The molecule has 0 bridgehead atoms. The van der Waals surface area contributed by atoms with Crippen LogP contribution in [0.5, 0.6) is 0 Å². The van der Waals surface area contributed by atoms with Gasteiger partial charge in [0.1, 0.15) is 0 Å². The molecule has 0 amide bonds. The van der Waals surface area contributed by atoms with Crippen molar-refractivity contribution in [3.63, 3.8) is 0 Å². The second-order valence-electron chi connectivity index (χ2n) is 1.28. The van der Waals surface area contributed by atoms with Gasteiger partial charge in [0.05, 0.1) is 12.4 Å². The molecule has 1 heterocycles. The van der Waals surface area contributed by atoms with Crippen LogP contribution in [0, 0.1) is 0 Å². The van der Waals surface area contributed by atoms with Gasteiger partial charge in [-0.2, -0.15) is 5.10 Å². The highest BCUT2D eigenvalue weighted by molar-refractivity contribution is 5.77. The van der Waals surface area contributed by atoms with E-state index in [0.29, 0.717) is 0 Å². The van der Waals surface area contributed by atoms with Crippen molar-refractivity contribution in [2.45, 2.75) is 0 Å². The first-order chi connectivity index (χ1) is 3.93. The summed E-state index contributed by atoms with van der Waals surface area (Å²) in [6, 6.07) is 0. The third kappa shape index (κ3) is 0.841. The smallest absolute Gasteiger partial charge is 0.0765 e. The Morgan fingerprint density at radius 2 is 2.75 bits per heavy atom. The standard InChI is InChI=1S/C4H5N3O/c8-7-3-4-1-5-6-2-4/h1-3,8H,(H,5,6)/b7-3-. The first-order valence-electron chi connectivity index (χ1n) is 2.09. The molecule has 0 aliphatic heterocycles. The molecule has 0 fully saturated rings. The molecule has 0 aromatic carbocycles. The van der Waals surface area contributed by atoms with Crippen LogP contribution in [0.15, 0.2) is 17.5 Å². The van der Waals surface area contributed by atoms with Gasteiger partial charge in [0.25, 0.3) is 0 Å². The van der Waals surface area contributed by atoms with Crippen molar-refractivity contribution in [2.75, 3.05) is 0 Å². The fraction of sp³-hybridized carbons (Fsp3) is 0. The minimum Gasteiger partial charge on any atom is -0.411 e. The Morgan fingerprint density at radius 3 is 3.25 bits per heavy atom. The maximum absolute atomic E-state index is 7.97. The summed E-state index contributed by atoms with van der Waals surface area (Å²) in [4.78, 5) is 0. The fourth-order valence-corrected chi connectivity index (χ4v) is 0.398. The van der Waals surface area contributed by atoms with Gasteiger partial charge in [0.15, 0.2) is 0 Å². The lowest BCUT2D eigenvalue weighted by atomic mass is 10.4. The van der Waals surface area contributed by atoms with Crippen molar-refractivity contribution in [2.24, 2.45) is 5.16 Å². The van der Waals surface area contributed by atoms with Crippen LogP contribution in [0.4, 0.5) is 0 Å². The zero-order chi connectivity index (χ0) is 5.82. The normalized spacial score (nSPS) is 10.5. The molecule has 0 aliphatic carbocycles. The highest BCUT2D eigenvalue weighted by Crippen LogP contribution is 1.85. The molecule has 8 heavy (non-hydrogen) atoms. The second-order valence-corrected chi connectivity index (χ2v) is 1.28. The van der Waals surface area contributed by atoms with Gasteiger partial charge >= 0.3 is 0 Å². The summed E-state index contributed by atoms with van der Waals surface area (Å²) in [6.45, 7) is 0. The predicted molar refractivity (Wildman–Crippen MR) is 28.0 cm³/mol. The van der Waals surface area contributed by atoms with Gasteiger partial charge < -0.3 is 5.21 Å². The molecule has 0 saturated heterocycles. The Balaban J connectivity index is 2.77. The van der Waals surface area contributed by atoms with E-state index in [0.717, 1.165) is 5.56 Å². The van der Waals surface area contributed by atoms with E-state index < -0.39 is 0 Å². The summed E-state index contributed by atoms with van der Waals surface area (Å²) < 4.78 is 0. The lowest BCUT2D eigenvalue weighted by molar-refractivity contribution is 0.322. The van der Waals surface area contributed by atoms with Crippen LogP contribution >= 0.6 is 0 Å². The molecule has 1 aromatic heterocycles. The van der Waals surface area contributed by atoms with Crippen molar-refractivity contribution in [3.8, 4) is 0 Å². The van der Waals surface area contributed by atoms with E-state index in [1.165, 1.54) is 6.21 Å². The number of oxime groups is 1. The van der Waals surface area contributed by atoms with Gasteiger partial charge in [0, 0.05) is 11.8 Å². The second kappa shape index (κ2) is 2.11. The lowest BCUT2D eigenvalue weighted by Crippen LogP contribution is -1.71. The number of aromatic amines is 1. The molecule has 2 N–H and O–H groups in total. The van der Waals surface area contributed by atoms with E-state index in [1.54, 1.807) is 12.4 Å². The van der Waals surface area contributed by atoms with Gasteiger partial charge in [-0.3, -0.25) is 5.10 Å². The van der Waals surface area contributed by atoms with Crippen LogP contribution in [0.3, 0.4) is 0 Å². The Kier molecular flexibility index (Phi) is 1.27. The molecule has 0 unspecified atom stereocenters. The average Bonchev–Trinajstić information content (AvgIpc) is 2.19. The van der Waals surface area contributed by atoms with Crippen molar-refractivity contribution in [1.29, 1.82) is 0 Å². The molecule has 0 aliphatic rings. The number of hydrogen-bond donors (Lipinski definition) is 2. The number of rotatable bonds is 1. The molecule has 1 rings (SSSR count). The fourth-order valence-electron chi connectivity index (χ4n) is 0.398. The maximum atomic E-state index is 7.97. The van der Waals surface area contributed by atoms with E-state index in [4.69, 9.17) is 5.21 Å². The molecule has 0 spiro atoms. The first-order valence-corrected chi connectivity index (χ1v) is 2.09. The zero-order valence-corrected chi connectivity index (χ0v) is 4.07.